The standard InChI is InChI=1S/C5H13NO2S/c1-4-5(2)8-9(7)6-3/h5-6H,4H2,1-3H3. The van der Waals surface area contributed by atoms with E-state index in [4.69, 9.17) is 4.18 Å². The average Bonchev–Trinajstić information content (AvgIpc) is 1.87. The topological polar surface area (TPSA) is 38.3 Å². The first-order chi connectivity index (χ1) is 4.20. The summed E-state index contributed by atoms with van der Waals surface area (Å²) in [5, 5.41) is 0. The van der Waals surface area contributed by atoms with Crippen LogP contribution in [0, 0.1) is 0 Å². The molecule has 0 aliphatic carbocycles. The van der Waals surface area contributed by atoms with Crippen molar-refractivity contribution in [1.29, 1.82) is 0 Å². The van der Waals surface area contributed by atoms with Crippen molar-refractivity contribution in [3.8, 4) is 0 Å². The Balaban J connectivity index is 3.34. The highest BCUT2D eigenvalue weighted by Crippen LogP contribution is 1.96. The minimum atomic E-state index is -1.31. The summed E-state index contributed by atoms with van der Waals surface area (Å²) in [5.41, 5.74) is 0. The van der Waals surface area contributed by atoms with Gasteiger partial charge in [-0.25, -0.2) is 8.93 Å². The van der Waals surface area contributed by atoms with Crippen molar-refractivity contribution < 1.29 is 8.39 Å². The highest BCUT2D eigenvalue weighted by molar-refractivity contribution is 7.78. The van der Waals surface area contributed by atoms with Gasteiger partial charge in [-0.1, -0.05) is 6.92 Å². The van der Waals surface area contributed by atoms with Crippen molar-refractivity contribution in [2.45, 2.75) is 26.4 Å². The third kappa shape index (κ3) is 4.57. The summed E-state index contributed by atoms with van der Waals surface area (Å²) < 4.78 is 17.9. The van der Waals surface area contributed by atoms with Crippen LogP contribution in [0.2, 0.25) is 0 Å². The third-order valence-electron chi connectivity index (χ3n) is 0.993. The van der Waals surface area contributed by atoms with Crippen molar-refractivity contribution in [3.63, 3.8) is 0 Å². The maximum absolute atomic E-state index is 10.6. The van der Waals surface area contributed by atoms with Crippen LogP contribution in [0.1, 0.15) is 20.3 Å². The molecule has 1 N–H and O–H groups in total. The van der Waals surface area contributed by atoms with Gasteiger partial charge in [0.2, 0.25) is 11.3 Å². The van der Waals surface area contributed by atoms with E-state index in [1.807, 2.05) is 13.8 Å². The average molecular weight is 151 g/mol. The minimum absolute atomic E-state index is 0.0679. The lowest BCUT2D eigenvalue weighted by molar-refractivity contribution is 0.240. The lowest BCUT2D eigenvalue weighted by Crippen LogP contribution is -2.18. The van der Waals surface area contributed by atoms with E-state index in [1.54, 1.807) is 7.05 Å². The zero-order valence-electron chi connectivity index (χ0n) is 6.01. The van der Waals surface area contributed by atoms with E-state index in [-0.39, 0.29) is 6.10 Å². The first kappa shape index (κ1) is 9.07. The summed E-state index contributed by atoms with van der Waals surface area (Å²) in [7, 11) is 1.60. The van der Waals surface area contributed by atoms with E-state index in [0.717, 1.165) is 6.42 Å². The summed E-state index contributed by atoms with van der Waals surface area (Å²) in [6.45, 7) is 3.87. The Morgan fingerprint density at radius 2 is 2.33 bits per heavy atom. The van der Waals surface area contributed by atoms with E-state index in [9.17, 15) is 4.21 Å². The van der Waals surface area contributed by atoms with Crippen LogP contribution in [0.4, 0.5) is 0 Å². The maximum atomic E-state index is 10.6. The molecule has 0 rings (SSSR count). The molecule has 0 saturated carbocycles. The fourth-order valence-corrected chi connectivity index (χ4v) is 0.796. The van der Waals surface area contributed by atoms with Gasteiger partial charge in [0.25, 0.3) is 0 Å². The molecule has 0 aromatic carbocycles. The molecule has 0 heterocycles. The Kier molecular flexibility index (Phi) is 4.94. The summed E-state index contributed by atoms with van der Waals surface area (Å²) in [6.07, 6.45) is 0.950. The van der Waals surface area contributed by atoms with Gasteiger partial charge in [0, 0.05) is 0 Å². The van der Waals surface area contributed by atoms with Gasteiger partial charge < -0.3 is 0 Å². The van der Waals surface area contributed by atoms with E-state index < -0.39 is 11.3 Å². The Morgan fingerprint density at radius 3 is 2.67 bits per heavy atom. The zero-order chi connectivity index (χ0) is 7.28. The second-order valence-corrected chi connectivity index (χ2v) is 2.82. The van der Waals surface area contributed by atoms with Gasteiger partial charge in [-0.05, 0) is 20.4 Å². The van der Waals surface area contributed by atoms with Crippen LogP contribution < -0.4 is 4.72 Å². The Bertz CT molecular complexity index is 97.0. The molecule has 0 spiro atoms. The van der Waals surface area contributed by atoms with E-state index in [1.165, 1.54) is 0 Å². The second-order valence-electron chi connectivity index (χ2n) is 1.75. The molecule has 0 fully saturated rings. The number of nitrogens with one attached hydrogen (secondary N) is 1. The molecular weight excluding hydrogens is 138 g/mol. The van der Waals surface area contributed by atoms with Crippen LogP contribution >= 0.6 is 0 Å². The highest BCUT2D eigenvalue weighted by atomic mass is 32.2. The second kappa shape index (κ2) is 4.90. The van der Waals surface area contributed by atoms with Crippen LogP contribution in [-0.4, -0.2) is 17.4 Å². The van der Waals surface area contributed by atoms with Crippen LogP contribution in [0.5, 0.6) is 0 Å². The smallest absolute Gasteiger partial charge is 0.234 e. The predicted molar refractivity (Wildman–Crippen MR) is 38.0 cm³/mol. The van der Waals surface area contributed by atoms with E-state index >= 15 is 0 Å². The highest BCUT2D eigenvalue weighted by Gasteiger charge is 2.01. The number of hydrogen-bond acceptors (Lipinski definition) is 2. The first-order valence-electron chi connectivity index (χ1n) is 2.97. The Hall–Kier alpha value is 0.0700. The van der Waals surface area contributed by atoms with Gasteiger partial charge in [0.15, 0.2) is 0 Å². The molecule has 0 bridgehead atoms. The van der Waals surface area contributed by atoms with Crippen LogP contribution in [-0.2, 0) is 15.4 Å². The normalized spacial score (nSPS) is 17.2. The fourth-order valence-electron chi connectivity index (χ4n) is 0.265. The van der Waals surface area contributed by atoms with Crippen molar-refractivity contribution in [3.05, 3.63) is 0 Å². The van der Waals surface area contributed by atoms with Crippen molar-refractivity contribution >= 4 is 11.3 Å². The van der Waals surface area contributed by atoms with E-state index in [0.29, 0.717) is 0 Å². The monoisotopic (exact) mass is 151 g/mol. The zero-order valence-corrected chi connectivity index (χ0v) is 6.83. The van der Waals surface area contributed by atoms with Crippen molar-refractivity contribution in [2.75, 3.05) is 7.05 Å². The van der Waals surface area contributed by atoms with Gasteiger partial charge in [0.05, 0.1) is 6.10 Å². The predicted octanol–water partition coefficient (Wildman–Crippen LogP) is 0.600. The van der Waals surface area contributed by atoms with E-state index in [2.05, 4.69) is 4.72 Å². The fraction of sp³-hybridized carbons (Fsp3) is 1.00. The van der Waals surface area contributed by atoms with Gasteiger partial charge in [-0.3, -0.25) is 4.18 Å². The van der Waals surface area contributed by atoms with Gasteiger partial charge in [0.1, 0.15) is 0 Å². The largest absolute Gasteiger partial charge is 0.275 e. The summed E-state index contributed by atoms with van der Waals surface area (Å²) in [6, 6.07) is 0. The molecule has 2 unspecified atom stereocenters. The Morgan fingerprint density at radius 1 is 1.78 bits per heavy atom. The summed E-state index contributed by atoms with van der Waals surface area (Å²) in [5.74, 6) is 0. The molecule has 0 aromatic rings. The van der Waals surface area contributed by atoms with Crippen LogP contribution in [0.25, 0.3) is 0 Å². The van der Waals surface area contributed by atoms with Crippen molar-refractivity contribution in [1.82, 2.24) is 4.72 Å². The molecule has 56 valence electrons. The molecule has 0 amide bonds. The lowest BCUT2D eigenvalue weighted by Gasteiger charge is -2.06. The summed E-state index contributed by atoms with van der Waals surface area (Å²) in [4.78, 5) is 0. The molecule has 4 heteroatoms. The maximum Gasteiger partial charge on any atom is 0.234 e. The molecule has 0 aliphatic rings. The number of hydrogen-bond donors (Lipinski definition) is 1. The summed E-state index contributed by atoms with van der Waals surface area (Å²) >= 11 is -1.31. The molecule has 0 saturated heterocycles. The van der Waals surface area contributed by atoms with Gasteiger partial charge in [-0.15, -0.1) is 0 Å². The van der Waals surface area contributed by atoms with Crippen molar-refractivity contribution in [2.24, 2.45) is 0 Å². The first-order valence-corrected chi connectivity index (χ1v) is 4.04. The quantitative estimate of drug-likeness (QED) is 0.639. The molecule has 3 nitrogen and oxygen atoms in total. The molecule has 0 aromatic heterocycles. The SMILES string of the molecule is CCC(C)OS(=O)NC. The third-order valence-corrected chi connectivity index (χ3v) is 1.83. The lowest BCUT2D eigenvalue weighted by atomic mass is 10.3. The van der Waals surface area contributed by atoms with Gasteiger partial charge >= 0.3 is 0 Å². The minimum Gasteiger partial charge on any atom is -0.275 e. The molecule has 0 aliphatic heterocycles. The molecular formula is C5H13NO2S. The molecule has 9 heavy (non-hydrogen) atoms. The van der Waals surface area contributed by atoms with Gasteiger partial charge in [-0.2, -0.15) is 0 Å². The van der Waals surface area contributed by atoms with Crippen LogP contribution in [0.15, 0.2) is 0 Å². The van der Waals surface area contributed by atoms with Crippen LogP contribution in [0.3, 0.4) is 0 Å². The number of rotatable bonds is 4. The Labute approximate surface area is 58.6 Å². The molecule has 0 radical (unpaired) electrons. The molecule has 2 atom stereocenters.